The fraction of sp³-hybridized carbons (Fsp3) is 0. The third-order valence-corrected chi connectivity index (χ3v) is 2.44. The number of hydrogen-bond acceptors (Lipinski definition) is 2. The molecule has 0 saturated carbocycles. The molecule has 5 heteroatoms. The number of hydrogen-bond donors (Lipinski definition) is 1. The first-order valence-electron chi connectivity index (χ1n) is 3.90. The van der Waals surface area contributed by atoms with Crippen molar-refractivity contribution in [1.82, 2.24) is 0 Å². The van der Waals surface area contributed by atoms with Crippen molar-refractivity contribution in [1.29, 1.82) is 0 Å². The first kappa shape index (κ1) is 12.1. The van der Waals surface area contributed by atoms with Gasteiger partial charge >= 0.3 is 5.97 Å². The zero-order valence-electron chi connectivity index (χ0n) is 7.41. The maximum Gasteiger partial charge on any atom is 0.376 e. The minimum atomic E-state index is -1.46. The highest BCUT2D eigenvalue weighted by Crippen LogP contribution is 2.20. The van der Waals surface area contributed by atoms with Crippen LogP contribution in [0, 0.1) is 0 Å². The fourth-order valence-electron chi connectivity index (χ4n) is 0.915. The molecule has 0 aliphatic heterocycles. The molecule has 78 valence electrons. The van der Waals surface area contributed by atoms with E-state index in [0.717, 1.165) is 20.6 Å². The molecule has 15 heavy (non-hydrogen) atoms. The lowest BCUT2D eigenvalue weighted by molar-refractivity contribution is -0.146. The van der Waals surface area contributed by atoms with Gasteiger partial charge in [0, 0.05) is 8.95 Å². The summed E-state index contributed by atoms with van der Waals surface area (Å²) in [6.07, 6.45) is 2.47. The van der Waals surface area contributed by atoms with Crippen LogP contribution in [0.4, 0.5) is 0 Å². The summed E-state index contributed by atoms with van der Waals surface area (Å²) in [5, 5.41) is 8.35. The standard InChI is InChI=1S/C10H6Br2O3/c11-7-3-6(4-8(12)5-7)1-2-9(13)10(14)15/h1-5H,(H,14,15)/b2-1+. The van der Waals surface area contributed by atoms with Crippen LogP contribution < -0.4 is 0 Å². The van der Waals surface area contributed by atoms with Crippen molar-refractivity contribution in [2.45, 2.75) is 0 Å². The van der Waals surface area contributed by atoms with Gasteiger partial charge in [0.05, 0.1) is 0 Å². The van der Waals surface area contributed by atoms with Crippen molar-refractivity contribution in [2.75, 3.05) is 0 Å². The van der Waals surface area contributed by atoms with E-state index in [-0.39, 0.29) is 0 Å². The third kappa shape index (κ3) is 3.97. The molecule has 0 amide bonds. The molecular formula is C10H6Br2O3. The summed E-state index contributed by atoms with van der Waals surface area (Å²) >= 11 is 6.57. The van der Waals surface area contributed by atoms with Gasteiger partial charge in [-0.2, -0.15) is 0 Å². The number of benzene rings is 1. The van der Waals surface area contributed by atoms with Crippen LogP contribution in [0.1, 0.15) is 5.56 Å². The van der Waals surface area contributed by atoms with Gasteiger partial charge in [-0.1, -0.05) is 37.9 Å². The number of carboxylic acid groups (broad SMARTS) is 1. The molecule has 0 unspecified atom stereocenters. The van der Waals surface area contributed by atoms with Crippen molar-refractivity contribution in [3.8, 4) is 0 Å². The van der Waals surface area contributed by atoms with Crippen LogP contribution >= 0.6 is 31.9 Å². The van der Waals surface area contributed by atoms with Gasteiger partial charge in [-0.3, -0.25) is 4.79 Å². The van der Waals surface area contributed by atoms with E-state index in [1.165, 1.54) is 6.08 Å². The largest absolute Gasteiger partial charge is 0.475 e. The molecule has 0 radical (unpaired) electrons. The van der Waals surface area contributed by atoms with Gasteiger partial charge in [-0.15, -0.1) is 0 Å². The van der Waals surface area contributed by atoms with E-state index >= 15 is 0 Å². The van der Waals surface area contributed by atoms with Crippen LogP contribution in [0.5, 0.6) is 0 Å². The van der Waals surface area contributed by atoms with Crippen LogP contribution in [0.15, 0.2) is 33.2 Å². The molecule has 1 rings (SSSR count). The van der Waals surface area contributed by atoms with Crippen molar-refractivity contribution in [3.05, 3.63) is 38.8 Å². The molecular weight excluding hydrogens is 328 g/mol. The van der Waals surface area contributed by atoms with E-state index in [0.29, 0.717) is 0 Å². The monoisotopic (exact) mass is 332 g/mol. The van der Waals surface area contributed by atoms with Crippen LogP contribution in [-0.4, -0.2) is 16.9 Å². The van der Waals surface area contributed by atoms with Crippen LogP contribution in [0.3, 0.4) is 0 Å². The number of rotatable bonds is 3. The number of carbonyl (C=O) groups excluding carboxylic acids is 1. The lowest BCUT2D eigenvalue weighted by Gasteiger charge is -1.96. The predicted octanol–water partition coefficient (Wildman–Crippen LogP) is 2.88. The quantitative estimate of drug-likeness (QED) is 0.683. The first-order chi connectivity index (χ1) is 6.99. The summed E-state index contributed by atoms with van der Waals surface area (Å²) in [4.78, 5) is 21.0. The van der Waals surface area contributed by atoms with E-state index < -0.39 is 11.8 Å². The summed E-state index contributed by atoms with van der Waals surface area (Å²) < 4.78 is 1.69. The second-order valence-corrected chi connectivity index (χ2v) is 4.54. The summed E-state index contributed by atoms with van der Waals surface area (Å²) in [5.74, 6) is -2.40. The first-order valence-corrected chi connectivity index (χ1v) is 5.49. The maximum atomic E-state index is 10.8. The molecule has 0 atom stereocenters. The highest BCUT2D eigenvalue weighted by atomic mass is 79.9. The Kier molecular flexibility index (Phi) is 4.23. The number of aliphatic carboxylic acids is 1. The Morgan fingerprint density at radius 2 is 1.67 bits per heavy atom. The highest BCUT2D eigenvalue weighted by Gasteiger charge is 2.05. The molecule has 0 aromatic heterocycles. The molecule has 0 heterocycles. The van der Waals surface area contributed by atoms with E-state index in [2.05, 4.69) is 31.9 Å². The lowest BCUT2D eigenvalue weighted by atomic mass is 10.2. The molecule has 0 aliphatic carbocycles. The van der Waals surface area contributed by atoms with E-state index in [9.17, 15) is 9.59 Å². The topological polar surface area (TPSA) is 54.4 Å². The number of carboxylic acids is 1. The second kappa shape index (κ2) is 5.23. The average Bonchev–Trinajstić information content (AvgIpc) is 2.12. The van der Waals surface area contributed by atoms with Gasteiger partial charge in [0.1, 0.15) is 0 Å². The maximum absolute atomic E-state index is 10.8. The zero-order valence-corrected chi connectivity index (χ0v) is 10.6. The molecule has 0 spiro atoms. The fourth-order valence-corrected chi connectivity index (χ4v) is 2.24. The highest BCUT2D eigenvalue weighted by molar-refractivity contribution is 9.11. The number of ketones is 1. The van der Waals surface area contributed by atoms with E-state index in [4.69, 9.17) is 5.11 Å². The van der Waals surface area contributed by atoms with Gasteiger partial charge in [-0.25, -0.2) is 4.79 Å². The van der Waals surface area contributed by atoms with Gasteiger partial charge in [0.25, 0.3) is 5.78 Å². The van der Waals surface area contributed by atoms with Crippen LogP contribution in [0.2, 0.25) is 0 Å². The molecule has 0 fully saturated rings. The van der Waals surface area contributed by atoms with Crippen LogP contribution in [-0.2, 0) is 9.59 Å². The van der Waals surface area contributed by atoms with Gasteiger partial charge < -0.3 is 5.11 Å². The summed E-state index contributed by atoms with van der Waals surface area (Å²) in [6.45, 7) is 0. The Balaban J connectivity index is 2.89. The summed E-state index contributed by atoms with van der Waals surface area (Å²) in [6, 6.07) is 5.39. The van der Waals surface area contributed by atoms with Gasteiger partial charge in [-0.05, 0) is 29.8 Å². The molecule has 3 nitrogen and oxygen atoms in total. The molecule has 0 bridgehead atoms. The van der Waals surface area contributed by atoms with Crippen molar-refractivity contribution < 1.29 is 14.7 Å². The molecule has 1 aromatic carbocycles. The Morgan fingerprint density at radius 1 is 1.13 bits per heavy atom. The molecule has 1 aromatic rings. The van der Waals surface area contributed by atoms with Gasteiger partial charge in [0.2, 0.25) is 0 Å². The number of halogens is 2. The SMILES string of the molecule is O=C(O)C(=O)/C=C/c1cc(Br)cc(Br)c1. The van der Waals surface area contributed by atoms with Crippen molar-refractivity contribution in [2.24, 2.45) is 0 Å². The Morgan fingerprint density at radius 3 is 2.13 bits per heavy atom. The Hall–Kier alpha value is -0.940. The Labute approximate surface area is 103 Å². The minimum absolute atomic E-state index is 0.742. The summed E-state index contributed by atoms with van der Waals surface area (Å²) in [7, 11) is 0. The van der Waals surface area contributed by atoms with Gasteiger partial charge in [0.15, 0.2) is 0 Å². The van der Waals surface area contributed by atoms with Crippen molar-refractivity contribution in [3.63, 3.8) is 0 Å². The summed E-state index contributed by atoms with van der Waals surface area (Å²) in [5.41, 5.74) is 0.742. The second-order valence-electron chi connectivity index (χ2n) is 2.71. The van der Waals surface area contributed by atoms with Crippen LogP contribution in [0.25, 0.3) is 6.08 Å². The average molecular weight is 334 g/mol. The number of carbonyl (C=O) groups is 2. The predicted molar refractivity (Wildman–Crippen MR) is 63.5 cm³/mol. The van der Waals surface area contributed by atoms with E-state index in [1.807, 2.05) is 6.07 Å². The van der Waals surface area contributed by atoms with Crippen molar-refractivity contribution >= 4 is 49.7 Å². The molecule has 1 N–H and O–H groups in total. The van der Waals surface area contributed by atoms with E-state index in [1.54, 1.807) is 12.1 Å². The Bertz CT molecular complexity index is 418. The normalized spacial score (nSPS) is 10.5. The smallest absolute Gasteiger partial charge is 0.376 e. The third-order valence-electron chi connectivity index (χ3n) is 1.52. The zero-order chi connectivity index (χ0) is 11.4. The minimum Gasteiger partial charge on any atom is -0.475 e. The lowest BCUT2D eigenvalue weighted by Crippen LogP contribution is -2.08. The molecule has 0 saturated heterocycles. The molecule has 0 aliphatic rings.